The highest BCUT2D eigenvalue weighted by Gasteiger charge is 2.05. The Morgan fingerprint density at radius 2 is 2.16 bits per heavy atom. The Hall–Kier alpha value is -1.62. The maximum Gasteiger partial charge on any atom is 0.234 e. The van der Waals surface area contributed by atoms with Crippen molar-refractivity contribution in [3.63, 3.8) is 0 Å². The van der Waals surface area contributed by atoms with E-state index in [1.807, 2.05) is 13.0 Å². The quantitative estimate of drug-likeness (QED) is 0.561. The van der Waals surface area contributed by atoms with Gasteiger partial charge in [0.05, 0.1) is 6.61 Å². The number of ether oxygens (including phenoxy) is 1. The van der Waals surface area contributed by atoms with Gasteiger partial charge in [0.2, 0.25) is 5.91 Å². The summed E-state index contributed by atoms with van der Waals surface area (Å²) < 4.78 is 18.7. The van der Waals surface area contributed by atoms with Gasteiger partial charge >= 0.3 is 0 Å². The number of amides is 1. The second-order valence-electron chi connectivity index (χ2n) is 4.20. The molecule has 19 heavy (non-hydrogen) atoms. The summed E-state index contributed by atoms with van der Waals surface area (Å²) in [6.45, 7) is 2.28. The first-order chi connectivity index (χ1) is 9.17. The lowest BCUT2D eigenvalue weighted by Crippen LogP contribution is -2.33. The molecular formula is C14H21FN2O2. The third-order valence-electron chi connectivity index (χ3n) is 2.68. The maximum absolute atomic E-state index is 13.6. The fraction of sp³-hybridized carbons (Fsp3) is 0.500. The summed E-state index contributed by atoms with van der Waals surface area (Å²) in [7, 11) is 1.65. The Morgan fingerprint density at radius 1 is 1.37 bits per heavy atom. The average Bonchev–Trinajstić information content (AvgIpc) is 2.38. The van der Waals surface area contributed by atoms with E-state index in [9.17, 15) is 9.18 Å². The van der Waals surface area contributed by atoms with Crippen LogP contribution in [-0.2, 0) is 11.2 Å². The highest BCUT2D eigenvalue weighted by molar-refractivity contribution is 5.75. The van der Waals surface area contributed by atoms with E-state index in [1.165, 1.54) is 6.07 Å². The van der Waals surface area contributed by atoms with E-state index >= 15 is 0 Å². The largest absolute Gasteiger partial charge is 0.491 e. The van der Waals surface area contributed by atoms with Crippen molar-refractivity contribution >= 4 is 5.91 Å². The highest BCUT2D eigenvalue weighted by atomic mass is 19.1. The van der Waals surface area contributed by atoms with E-state index in [4.69, 9.17) is 4.74 Å². The van der Waals surface area contributed by atoms with E-state index in [1.54, 1.807) is 13.1 Å². The van der Waals surface area contributed by atoms with Crippen molar-refractivity contribution in [2.24, 2.45) is 0 Å². The van der Waals surface area contributed by atoms with Crippen molar-refractivity contribution in [2.75, 3.05) is 13.7 Å². The van der Waals surface area contributed by atoms with Gasteiger partial charge in [0, 0.05) is 13.5 Å². The normalized spacial score (nSPS) is 10.3. The molecule has 0 unspecified atom stereocenters. The fourth-order valence-corrected chi connectivity index (χ4v) is 1.79. The van der Waals surface area contributed by atoms with E-state index in [0.717, 1.165) is 24.8 Å². The minimum absolute atomic E-state index is 0.0274. The molecule has 5 heteroatoms. The van der Waals surface area contributed by atoms with Crippen molar-refractivity contribution in [3.8, 4) is 5.75 Å². The lowest BCUT2D eigenvalue weighted by molar-refractivity contribution is -0.122. The van der Waals surface area contributed by atoms with Crippen molar-refractivity contribution < 1.29 is 13.9 Å². The van der Waals surface area contributed by atoms with Gasteiger partial charge in [0.15, 0.2) is 11.6 Å². The fourth-order valence-electron chi connectivity index (χ4n) is 1.79. The van der Waals surface area contributed by atoms with Crippen molar-refractivity contribution in [3.05, 3.63) is 29.6 Å². The monoisotopic (exact) mass is 268 g/mol. The van der Waals surface area contributed by atoms with Crippen molar-refractivity contribution in [1.29, 1.82) is 0 Å². The molecule has 0 aliphatic carbocycles. The molecule has 0 heterocycles. The predicted octanol–water partition coefficient (Wildman–Crippen LogP) is 2.19. The average molecular weight is 268 g/mol. The van der Waals surface area contributed by atoms with Gasteiger partial charge in [-0.3, -0.25) is 10.2 Å². The Labute approximate surface area is 113 Å². The molecule has 0 bridgehead atoms. The van der Waals surface area contributed by atoms with Crippen LogP contribution in [0.25, 0.3) is 0 Å². The lowest BCUT2D eigenvalue weighted by atomic mass is 10.1. The van der Waals surface area contributed by atoms with Crippen LogP contribution in [-0.4, -0.2) is 19.6 Å². The van der Waals surface area contributed by atoms with Crippen molar-refractivity contribution in [2.45, 2.75) is 32.6 Å². The van der Waals surface area contributed by atoms with Gasteiger partial charge in [-0.05, 0) is 43.9 Å². The number of rotatable bonds is 8. The number of aryl methyl sites for hydroxylation is 1. The summed E-state index contributed by atoms with van der Waals surface area (Å²) in [6, 6.07) is 5.02. The van der Waals surface area contributed by atoms with Crippen LogP contribution in [0.4, 0.5) is 4.39 Å². The molecule has 4 nitrogen and oxygen atoms in total. The number of benzene rings is 1. The molecule has 0 aliphatic heterocycles. The van der Waals surface area contributed by atoms with Crippen LogP contribution in [0, 0.1) is 5.82 Å². The summed E-state index contributed by atoms with van der Waals surface area (Å²) in [5, 5.41) is 0. The van der Waals surface area contributed by atoms with Crippen LogP contribution in [0.15, 0.2) is 18.2 Å². The molecule has 0 radical (unpaired) electrons. The number of hydrazine groups is 1. The number of carbonyl (C=O) groups is 1. The molecule has 1 rings (SSSR count). The molecule has 2 N–H and O–H groups in total. The zero-order chi connectivity index (χ0) is 14.1. The zero-order valence-corrected chi connectivity index (χ0v) is 11.5. The van der Waals surface area contributed by atoms with Crippen LogP contribution in [0.5, 0.6) is 5.75 Å². The predicted molar refractivity (Wildman–Crippen MR) is 72.3 cm³/mol. The molecule has 0 aromatic heterocycles. The third-order valence-corrected chi connectivity index (χ3v) is 2.68. The van der Waals surface area contributed by atoms with Gasteiger partial charge in [-0.15, -0.1) is 0 Å². The molecule has 0 fully saturated rings. The Kier molecular flexibility index (Phi) is 6.89. The summed E-state index contributed by atoms with van der Waals surface area (Å²) in [5.41, 5.74) is 6.02. The Bertz CT molecular complexity index is 410. The summed E-state index contributed by atoms with van der Waals surface area (Å²) in [5.74, 6) is -0.0627. The van der Waals surface area contributed by atoms with E-state index in [0.29, 0.717) is 18.8 Å². The minimum atomic E-state index is -0.327. The van der Waals surface area contributed by atoms with Gasteiger partial charge in [0.1, 0.15) is 0 Å². The SMILES string of the molecule is CCOc1ccc(CCCCC(=O)NNC)cc1F. The summed E-state index contributed by atoms with van der Waals surface area (Å²) >= 11 is 0. The first-order valence-electron chi connectivity index (χ1n) is 6.54. The van der Waals surface area contributed by atoms with Crippen LogP contribution < -0.4 is 15.6 Å². The number of hydrogen-bond acceptors (Lipinski definition) is 3. The van der Waals surface area contributed by atoms with Gasteiger partial charge in [-0.2, -0.15) is 0 Å². The highest BCUT2D eigenvalue weighted by Crippen LogP contribution is 2.19. The van der Waals surface area contributed by atoms with E-state index in [-0.39, 0.29) is 11.7 Å². The molecule has 0 saturated heterocycles. The molecule has 1 aromatic carbocycles. The van der Waals surface area contributed by atoms with Gasteiger partial charge < -0.3 is 4.74 Å². The molecule has 106 valence electrons. The van der Waals surface area contributed by atoms with Crippen LogP contribution in [0.2, 0.25) is 0 Å². The van der Waals surface area contributed by atoms with E-state index in [2.05, 4.69) is 10.9 Å². The Morgan fingerprint density at radius 3 is 2.79 bits per heavy atom. The Balaban J connectivity index is 2.33. The van der Waals surface area contributed by atoms with Crippen LogP contribution in [0.3, 0.4) is 0 Å². The number of unbranched alkanes of at least 4 members (excludes halogenated alkanes) is 1. The molecular weight excluding hydrogens is 247 g/mol. The number of halogens is 1. The van der Waals surface area contributed by atoms with Crippen LogP contribution >= 0.6 is 0 Å². The minimum Gasteiger partial charge on any atom is -0.491 e. The molecule has 0 saturated carbocycles. The smallest absolute Gasteiger partial charge is 0.234 e. The summed E-state index contributed by atoms with van der Waals surface area (Å²) in [6.07, 6.45) is 2.86. The number of carbonyl (C=O) groups excluding carboxylic acids is 1. The van der Waals surface area contributed by atoms with Crippen molar-refractivity contribution in [1.82, 2.24) is 10.9 Å². The first kappa shape index (κ1) is 15.4. The van der Waals surface area contributed by atoms with Crippen LogP contribution in [0.1, 0.15) is 31.7 Å². The molecule has 0 aliphatic rings. The second-order valence-corrected chi connectivity index (χ2v) is 4.20. The standard InChI is InChI=1S/C14H21FN2O2/c1-3-19-13-9-8-11(10-12(13)15)6-4-5-7-14(18)17-16-2/h8-10,16H,3-7H2,1-2H3,(H,17,18). The van der Waals surface area contributed by atoms with Gasteiger partial charge in [-0.25, -0.2) is 9.82 Å². The molecule has 1 amide bonds. The van der Waals surface area contributed by atoms with Gasteiger partial charge in [0.25, 0.3) is 0 Å². The summed E-state index contributed by atoms with van der Waals surface area (Å²) in [4.78, 5) is 11.2. The number of nitrogens with one attached hydrogen (secondary N) is 2. The first-order valence-corrected chi connectivity index (χ1v) is 6.54. The third kappa shape index (κ3) is 5.70. The zero-order valence-electron chi connectivity index (χ0n) is 11.5. The topological polar surface area (TPSA) is 50.4 Å². The maximum atomic E-state index is 13.6. The lowest BCUT2D eigenvalue weighted by Gasteiger charge is -2.07. The molecule has 0 atom stereocenters. The second kappa shape index (κ2) is 8.48. The number of hydrogen-bond donors (Lipinski definition) is 2. The molecule has 0 spiro atoms. The van der Waals surface area contributed by atoms with Gasteiger partial charge in [-0.1, -0.05) is 6.07 Å². The van der Waals surface area contributed by atoms with E-state index < -0.39 is 0 Å². The molecule has 1 aromatic rings.